The molecule has 0 aromatic heterocycles. The molecule has 3 rings (SSSR count). The number of carbonyl (C=O) groups is 2. The molecule has 0 spiro atoms. The summed E-state index contributed by atoms with van der Waals surface area (Å²) in [7, 11) is 0. The highest BCUT2D eigenvalue weighted by Gasteiger charge is 2.31. The molecular weight excluding hydrogens is 316 g/mol. The van der Waals surface area contributed by atoms with Crippen LogP contribution >= 0.6 is 0 Å². The fraction of sp³-hybridized carbons (Fsp3) is 0.143. The first-order valence-corrected chi connectivity index (χ1v) is 7.95. The molecule has 0 heterocycles. The van der Waals surface area contributed by atoms with E-state index in [0.29, 0.717) is 0 Å². The lowest BCUT2D eigenvalue weighted by Gasteiger charge is -2.17. The number of hydrogen-bond donors (Lipinski definition) is 0. The molecule has 4 heteroatoms. The third-order valence-electron chi connectivity index (χ3n) is 4.27. The summed E-state index contributed by atoms with van der Waals surface area (Å²) in [5, 5.41) is 0. The molecule has 0 radical (unpaired) electrons. The summed E-state index contributed by atoms with van der Waals surface area (Å²) in [5.74, 6) is -1.03. The lowest BCUT2D eigenvalue weighted by atomic mass is 9.94. The second kappa shape index (κ2) is 7.18. The molecule has 0 N–H and O–H groups in total. The monoisotopic (exact) mass is 334 g/mol. The maximum Gasteiger partial charge on any atom is 0.330 e. The highest BCUT2D eigenvalue weighted by atomic mass is 16.5. The van der Waals surface area contributed by atoms with Gasteiger partial charge in [-0.05, 0) is 27.8 Å². The average Bonchev–Trinajstić information content (AvgIpc) is 2.98. The van der Waals surface area contributed by atoms with Gasteiger partial charge in [-0.2, -0.15) is 0 Å². The van der Waals surface area contributed by atoms with E-state index in [-0.39, 0.29) is 19.1 Å². The lowest BCUT2D eigenvalue weighted by molar-refractivity contribution is -0.139. The minimum Gasteiger partial charge on any atom is -0.462 e. The number of fused-ring (bicyclic) bond motifs is 3. The van der Waals surface area contributed by atoms with E-state index in [9.17, 15) is 9.59 Å². The van der Waals surface area contributed by atoms with Crippen molar-refractivity contribution in [3.63, 3.8) is 0 Å². The van der Waals surface area contributed by atoms with Gasteiger partial charge in [-0.15, -0.1) is 0 Å². The number of ether oxygens (including phenoxy) is 2. The van der Waals surface area contributed by atoms with E-state index in [1.807, 2.05) is 42.5 Å². The van der Waals surface area contributed by atoms with E-state index < -0.39 is 11.9 Å². The minimum absolute atomic E-state index is 0.103. The van der Waals surface area contributed by atoms with Crippen LogP contribution < -0.4 is 0 Å². The van der Waals surface area contributed by atoms with Gasteiger partial charge in [0.2, 0.25) is 0 Å². The summed E-state index contributed by atoms with van der Waals surface area (Å²) in [6.07, 6.45) is 2.29. The Kier molecular flexibility index (Phi) is 4.80. The highest BCUT2D eigenvalue weighted by Crippen LogP contribution is 2.46. The third kappa shape index (κ3) is 3.24. The summed E-state index contributed by atoms with van der Waals surface area (Å²) in [5.41, 5.74) is 5.19. The van der Waals surface area contributed by atoms with E-state index in [2.05, 4.69) is 13.2 Å². The highest BCUT2D eigenvalue weighted by molar-refractivity contribution is 5.83. The molecular formula is C21H18O4. The largest absolute Gasteiger partial charge is 0.462 e. The fourth-order valence-electron chi connectivity index (χ4n) is 3.19. The Morgan fingerprint density at radius 2 is 1.60 bits per heavy atom. The Labute approximate surface area is 146 Å². The number of hydrogen-bond acceptors (Lipinski definition) is 4. The Balaban J connectivity index is 1.99. The number of benzene rings is 2. The molecule has 0 saturated heterocycles. The molecule has 1 atom stereocenters. The molecule has 0 saturated carbocycles. The first kappa shape index (κ1) is 16.7. The van der Waals surface area contributed by atoms with Crippen LogP contribution in [0.2, 0.25) is 0 Å². The fourth-order valence-corrected chi connectivity index (χ4v) is 3.19. The summed E-state index contributed by atoms with van der Waals surface area (Å²) in [4.78, 5) is 22.9. The van der Waals surface area contributed by atoms with Crippen molar-refractivity contribution in [2.24, 2.45) is 0 Å². The van der Waals surface area contributed by atoms with Crippen molar-refractivity contribution < 1.29 is 19.1 Å². The Bertz CT molecular complexity index is 851. The van der Waals surface area contributed by atoms with Crippen LogP contribution in [-0.2, 0) is 25.7 Å². The van der Waals surface area contributed by atoms with Crippen molar-refractivity contribution in [3.8, 4) is 11.1 Å². The Hall–Kier alpha value is -3.14. The van der Waals surface area contributed by atoms with Gasteiger partial charge < -0.3 is 9.47 Å². The van der Waals surface area contributed by atoms with Crippen molar-refractivity contribution in [1.29, 1.82) is 0 Å². The smallest absolute Gasteiger partial charge is 0.330 e. The van der Waals surface area contributed by atoms with Crippen molar-refractivity contribution in [3.05, 3.63) is 84.5 Å². The van der Waals surface area contributed by atoms with E-state index in [1.54, 1.807) is 0 Å². The quantitative estimate of drug-likeness (QED) is 0.596. The molecule has 0 aliphatic heterocycles. The van der Waals surface area contributed by atoms with Gasteiger partial charge >= 0.3 is 11.9 Å². The lowest BCUT2D eigenvalue weighted by Crippen LogP contribution is -2.13. The van der Waals surface area contributed by atoms with Gasteiger partial charge in [0, 0.05) is 18.1 Å². The zero-order chi connectivity index (χ0) is 17.8. The van der Waals surface area contributed by atoms with Crippen LogP contribution in [0, 0.1) is 0 Å². The topological polar surface area (TPSA) is 52.6 Å². The van der Waals surface area contributed by atoms with Crippen LogP contribution in [0.15, 0.2) is 67.8 Å². The first-order chi connectivity index (χ1) is 12.2. The van der Waals surface area contributed by atoms with Gasteiger partial charge in [-0.1, -0.05) is 55.6 Å². The molecule has 2 aromatic rings. The number of carbonyl (C=O) groups excluding carboxylic acids is 2. The van der Waals surface area contributed by atoms with Crippen molar-refractivity contribution in [2.45, 2.75) is 12.5 Å². The molecule has 0 fully saturated rings. The van der Waals surface area contributed by atoms with Gasteiger partial charge in [0.25, 0.3) is 0 Å². The molecule has 1 aliphatic carbocycles. The summed E-state index contributed by atoms with van der Waals surface area (Å²) >= 11 is 0. The normalized spacial score (nSPS) is 14.2. The van der Waals surface area contributed by atoms with Gasteiger partial charge in [0.05, 0.1) is 0 Å². The second-order valence-corrected chi connectivity index (χ2v) is 5.66. The zero-order valence-corrected chi connectivity index (χ0v) is 13.7. The molecule has 0 amide bonds. The predicted molar refractivity (Wildman–Crippen MR) is 94.9 cm³/mol. The van der Waals surface area contributed by atoms with Crippen molar-refractivity contribution in [1.82, 2.24) is 0 Å². The molecule has 1 unspecified atom stereocenters. The predicted octanol–water partition coefficient (Wildman–Crippen LogP) is 3.76. The molecule has 2 aromatic carbocycles. The van der Waals surface area contributed by atoms with Gasteiger partial charge in [0.1, 0.15) is 13.2 Å². The maximum absolute atomic E-state index is 11.5. The molecule has 0 bridgehead atoms. The molecule has 4 nitrogen and oxygen atoms in total. The Morgan fingerprint density at radius 3 is 2.36 bits per heavy atom. The summed E-state index contributed by atoms with van der Waals surface area (Å²) in [6, 6.07) is 13.9. The van der Waals surface area contributed by atoms with Crippen LogP contribution in [-0.4, -0.2) is 18.5 Å². The second-order valence-electron chi connectivity index (χ2n) is 5.66. The van der Waals surface area contributed by atoms with E-state index in [1.165, 1.54) is 0 Å². The zero-order valence-electron chi connectivity index (χ0n) is 13.7. The van der Waals surface area contributed by atoms with E-state index in [0.717, 1.165) is 40.0 Å². The maximum atomic E-state index is 11.5. The summed E-state index contributed by atoms with van der Waals surface area (Å²) in [6.45, 7) is 7.19. The Morgan fingerprint density at radius 1 is 0.920 bits per heavy atom. The van der Waals surface area contributed by atoms with Crippen LogP contribution in [0.5, 0.6) is 0 Å². The number of esters is 2. The SMILES string of the molecule is C=CC(=O)OCc1cccc2c1C(COC(=O)C=C)c1ccccc1-2. The van der Waals surface area contributed by atoms with E-state index in [4.69, 9.17) is 9.47 Å². The van der Waals surface area contributed by atoms with Crippen LogP contribution in [0.25, 0.3) is 11.1 Å². The third-order valence-corrected chi connectivity index (χ3v) is 4.27. The van der Waals surface area contributed by atoms with Gasteiger partial charge in [-0.3, -0.25) is 0 Å². The van der Waals surface area contributed by atoms with E-state index >= 15 is 0 Å². The first-order valence-electron chi connectivity index (χ1n) is 7.95. The number of rotatable bonds is 6. The molecule has 1 aliphatic rings. The van der Waals surface area contributed by atoms with Gasteiger partial charge in [-0.25, -0.2) is 9.59 Å². The van der Waals surface area contributed by atoms with Gasteiger partial charge in [0.15, 0.2) is 0 Å². The van der Waals surface area contributed by atoms with Crippen LogP contribution in [0.1, 0.15) is 22.6 Å². The summed E-state index contributed by atoms with van der Waals surface area (Å²) < 4.78 is 10.5. The standard InChI is InChI=1S/C21H18O4/c1-3-19(22)24-12-14-8-7-11-17-15-9-5-6-10-16(15)18(21(14)17)13-25-20(23)4-2/h3-11,18H,1-2,12-13H2. The van der Waals surface area contributed by atoms with Crippen molar-refractivity contribution in [2.75, 3.05) is 6.61 Å². The minimum atomic E-state index is -0.470. The van der Waals surface area contributed by atoms with Crippen LogP contribution in [0.4, 0.5) is 0 Å². The molecule has 126 valence electrons. The van der Waals surface area contributed by atoms with Crippen LogP contribution in [0.3, 0.4) is 0 Å². The van der Waals surface area contributed by atoms with Crippen molar-refractivity contribution >= 4 is 11.9 Å². The molecule has 25 heavy (non-hydrogen) atoms. The average molecular weight is 334 g/mol.